The summed E-state index contributed by atoms with van der Waals surface area (Å²) in [7, 11) is 0. The molecule has 0 bridgehead atoms. The zero-order valence-electron chi connectivity index (χ0n) is 17.0. The Hall–Kier alpha value is -3.39. The van der Waals surface area contributed by atoms with Crippen LogP contribution < -0.4 is 15.5 Å². The predicted octanol–water partition coefficient (Wildman–Crippen LogP) is 4.42. The van der Waals surface area contributed by atoms with Crippen LogP contribution in [0.4, 0.5) is 33.2 Å². The van der Waals surface area contributed by atoms with Crippen LogP contribution in [0.1, 0.15) is 6.92 Å². The first-order chi connectivity index (χ1) is 15.0. The van der Waals surface area contributed by atoms with E-state index >= 15 is 0 Å². The van der Waals surface area contributed by atoms with Crippen molar-refractivity contribution in [2.24, 2.45) is 0 Å². The summed E-state index contributed by atoms with van der Waals surface area (Å²) >= 11 is 6.20. The first kappa shape index (κ1) is 20.9. The first-order valence-corrected chi connectivity index (χ1v) is 10.3. The van der Waals surface area contributed by atoms with E-state index in [1.54, 1.807) is 19.1 Å². The molecular formula is C22H22ClFN6O. The molecule has 1 amide bonds. The Kier molecular flexibility index (Phi) is 6.18. The smallest absolute Gasteiger partial charge is 0.229 e. The molecule has 0 aliphatic carbocycles. The molecule has 7 nitrogen and oxygen atoms in total. The summed E-state index contributed by atoms with van der Waals surface area (Å²) in [4.78, 5) is 24.2. The van der Waals surface area contributed by atoms with E-state index in [4.69, 9.17) is 11.6 Å². The Morgan fingerprint density at radius 2 is 1.58 bits per heavy atom. The number of aromatic nitrogens is 2. The second kappa shape index (κ2) is 9.18. The van der Waals surface area contributed by atoms with Gasteiger partial charge >= 0.3 is 0 Å². The highest BCUT2D eigenvalue weighted by Crippen LogP contribution is 2.26. The van der Waals surface area contributed by atoms with Crippen molar-refractivity contribution in [3.05, 3.63) is 65.6 Å². The van der Waals surface area contributed by atoms with Gasteiger partial charge in [-0.05, 0) is 48.5 Å². The molecule has 4 rings (SSSR count). The third-order valence-corrected chi connectivity index (χ3v) is 5.34. The monoisotopic (exact) mass is 440 g/mol. The highest BCUT2D eigenvalue weighted by molar-refractivity contribution is 6.32. The van der Waals surface area contributed by atoms with E-state index in [2.05, 4.69) is 25.5 Å². The van der Waals surface area contributed by atoms with Crippen LogP contribution in [0.25, 0.3) is 0 Å². The fraction of sp³-hybridized carbons (Fsp3) is 0.227. The Balaban J connectivity index is 1.41. The Labute approximate surface area is 184 Å². The average Bonchev–Trinajstić information content (AvgIpc) is 2.78. The van der Waals surface area contributed by atoms with E-state index in [0.717, 1.165) is 37.6 Å². The number of hydrogen-bond acceptors (Lipinski definition) is 6. The molecule has 2 heterocycles. The summed E-state index contributed by atoms with van der Waals surface area (Å²) in [5.41, 5.74) is 2.60. The number of carbonyl (C=O) groups is 1. The van der Waals surface area contributed by atoms with Crippen LogP contribution >= 0.6 is 11.6 Å². The topological polar surface area (TPSA) is 73.4 Å². The van der Waals surface area contributed by atoms with Crippen LogP contribution in [-0.2, 0) is 4.79 Å². The van der Waals surface area contributed by atoms with Gasteiger partial charge in [-0.25, -0.2) is 9.37 Å². The molecule has 1 saturated heterocycles. The molecule has 0 spiro atoms. The first-order valence-electron chi connectivity index (χ1n) is 9.90. The Morgan fingerprint density at radius 3 is 2.23 bits per heavy atom. The normalized spacial score (nSPS) is 13.8. The van der Waals surface area contributed by atoms with Crippen molar-refractivity contribution in [2.75, 3.05) is 41.7 Å². The summed E-state index contributed by atoms with van der Waals surface area (Å²) in [5.74, 6) is 0.615. The fourth-order valence-corrected chi connectivity index (χ4v) is 3.49. The maximum Gasteiger partial charge on any atom is 0.229 e. The summed E-state index contributed by atoms with van der Waals surface area (Å²) in [5, 5.41) is 6.59. The van der Waals surface area contributed by atoms with Crippen molar-refractivity contribution in [2.45, 2.75) is 6.92 Å². The molecule has 0 atom stereocenters. The number of carbonyl (C=O) groups excluding carboxylic acids is 1. The Bertz CT molecular complexity index is 1050. The van der Waals surface area contributed by atoms with Gasteiger partial charge in [-0.15, -0.1) is 0 Å². The SMILES string of the molecule is CC(=O)N1CCN(c2ccc(Nc3ncc(Cl)c(Nc4ccc(F)cc4)n3)cc2)CC1. The second-order valence-electron chi connectivity index (χ2n) is 7.19. The molecule has 2 aromatic carbocycles. The summed E-state index contributed by atoms with van der Waals surface area (Å²) in [6.07, 6.45) is 1.51. The minimum Gasteiger partial charge on any atom is -0.368 e. The maximum atomic E-state index is 13.1. The number of halogens is 2. The van der Waals surface area contributed by atoms with Gasteiger partial charge in [-0.2, -0.15) is 4.98 Å². The zero-order chi connectivity index (χ0) is 21.8. The van der Waals surface area contributed by atoms with Crippen molar-refractivity contribution in [3.8, 4) is 0 Å². The minimum absolute atomic E-state index is 0.121. The van der Waals surface area contributed by atoms with Crippen LogP contribution in [-0.4, -0.2) is 47.0 Å². The van der Waals surface area contributed by atoms with Crippen LogP contribution in [0, 0.1) is 5.82 Å². The molecule has 0 radical (unpaired) electrons. The zero-order valence-corrected chi connectivity index (χ0v) is 17.7. The third-order valence-electron chi connectivity index (χ3n) is 5.06. The van der Waals surface area contributed by atoms with Gasteiger partial charge in [0.05, 0.1) is 6.20 Å². The van der Waals surface area contributed by atoms with Crippen LogP contribution in [0.15, 0.2) is 54.7 Å². The van der Waals surface area contributed by atoms with Crippen LogP contribution in [0.2, 0.25) is 5.02 Å². The lowest BCUT2D eigenvalue weighted by Gasteiger charge is -2.35. The lowest BCUT2D eigenvalue weighted by molar-refractivity contribution is -0.129. The highest BCUT2D eigenvalue weighted by atomic mass is 35.5. The molecule has 9 heteroatoms. The van der Waals surface area contributed by atoms with E-state index in [1.807, 2.05) is 29.2 Å². The van der Waals surface area contributed by atoms with Gasteiger partial charge in [0.15, 0.2) is 5.82 Å². The van der Waals surface area contributed by atoms with Crippen LogP contribution in [0.5, 0.6) is 0 Å². The van der Waals surface area contributed by atoms with Gasteiger partial charge < -0.3 is 20.4 Å². The molecule has 0 saturated carbocycles. The van der Waals surface area contributed by atoms with Gasteiger partial charge in [0.2, 0.25) is 11.9 Å². The molecule has 3 aromatic rings. The average molecular weight is 441 g/mol. The minimum atomic E-state index is -0.314. The molecular weight excluding hydrogens is 419 g/mol. The van der Waals surface area contributed by atoms with E-state index in [-0.39, 0.29) is 11.7 Å². The second-order valence-corrected chi connectivity index (χ2v) is 7.59. The molecule has 2 N–H and O–H groups in total. The number of hydrogen-bond donors (Lipinski definition) is 2. The van der Waals surface area contributed by atoms with Gasteiger partial charge in [-0.3, -0.25) is 4.79 Å². The number of nitrogens with one attached hydrogen (secondary N) is 2. The van der Waals surface area contributed by atoms with E-state index in [0.29, 0.717) is 22.5 Å². The molecule has 31 heavy (non-hydrogen) atoms. The predicted molar refractivity (Wildman–Crippen MR) is 121 cm³/mol. The quantitative estimate of drug-likeness (QED) is 0.611. The van der Waals surface area contributed by atoms with Gasteiger partial charge in [0, 0.05) is 50.2 Å². The lowest BCUT2D eigenvalue weighted by Crippen LogP contribution is -2.48. The Morgan fingerprint density at radius 1 is 0.968 bits per heavy atom. The maximum absolute atomic E-state index is 13.1. The molecule has 1 aliphatic heterocycles. The standard InChI is InChI=1S/C22H22ClFN6O/c1-15(31)29-10-12-30(13-11-29)19-8-6-18(7-9-19)27-22-25-14-20(23)21(28-22)26-17-4-2-16(24)3-5-17/h2-9,14H,10-13H2,1H3,(H2,25,26,27,28). The summed E-state index contributed by atoms with van der Waals surface area (Å²) in [6, 6.07) is 13.9. The number of piperazine rings is 1. The van der Waals surface area contributed by atoms with Crippen molar-refractivity contribution in [1.29, 1.82) is 0 Å². The van der Waals surface area contributed by atoms with E-state index in [1.165, 1.54) is 18.3 Å². The summed E-state index contributed by atoms with van der Waals surface area (Å²) < 4.78 is 13.1. The van der Waals surface area contributed by atoms with Crippen molar-refractivity contribution >= 4 is 46.3 Å². The van der Waals surface area contributed by atoms with Gasteiger partial charge in [0.1, 0.15) is 10.8 Å². The fourth-order valence-electron chi connectivity index (χ4n) is 3.35. The van der Waals surface area contributed by atoms with E-state index < -0.39 is 0 Å². The largest absolute Gasteiger partial charge is 0.368 e. The van der Waals surface area contributed by atoms with Crippen LogP contribution in [0.3, 0.4) is 0 Å². The molecule has 1 aromatic heterocycles. The summed E-state index contributed by atoms with van der Waals surface area (Å²) in [6.45, 7) is 4.70. The van der Waals surface area contributed by atoms with E-state index in [9.17, 15) is 9.18 Å². The van der Waals surface area contributed by atoms with Crippen molar-refractivity contribution in [3.63, 3.8) is 0 Å². The molecule has 1 aliphatic rings. The third kappa shape index (κ3) is 5.21. The van der Waals surface area contributed by atoms with Gasteiger partial charge in [0.25, 0.3) is 0 Å². The molecule has 160 valence electrons. The van der Waals surface area contributed by atoms with Gasteiger partial charge in [-0.1, -0.05) is 11.6 Å². The number of anilines is 5. The van der Waals surface area contributed by atoms with Crippen molar-refractivity contribution in [1.82, 2.24) is 14.9 Å². The molecule has 0 unspecified atom stereocenters. The number of nitrogens with zero attached hydrogens (tertiary/aromatic N) is 4. The van der Waals surface area contributed by atoms with Crippen molar-refractivity contribution < 1.29 is 9.18 Å². The highest BCUT2D eigenvalue weighted by Gasteiger charge is 2.18. The number of amides is 1. The number of benzene rings is 2. The lowest BCUT2D eigenvalue weighted by atomic mass is 10.2. The number of rotatable bonds is 5. The molecule has 1 fully saturated rings.